The lowest BCUT2D eigenvalue weighted by Crippen LogP contribution is -2.29. The molecule has 0 aliphatic heterocycles. The molecule has 6 aliphatic rings. The normalized spacial score (nSPS) is 16.9. The van der Waals surface area contributed by atoms with Gasteiger partial charge in [-0.3, -0.25) is 0 Å². The van der Waals surface area contributed by atoms with Crippen molar-refractivity contribution in [1.29, 1.82) is 0 Å². The van der Waals surface area contributed by atoms with E-state index < -0.39 is 10.8 Å². The summed E-state index contributed by atoms with van der Waals surface area (Å²) in [5, 5.41) is 0. The van der Waals surface area contributed by atoms with Gasteiger partial charge in [0.25, 0.3) is 0 Å². The SMILES string of the molecule is C1=CC2=C(c3ccc(N(c4ccccc4)c4ccccc4)cc3C23c2ccccc2-c2ccccc23)C2CC=C3C(=C12)c1ccc(N(c2ccccc2)c2ccccc2)cc1C31c2ccccc2-c2ccccc21. The molecule has 2 nitrogen and oxygen atoms in total. The van der Waals surface area contributed by atoms with E-state index in [1.807, 2.05) is 0 Å². The average Bonchev–Trinajstić information content (AvgIpc) is 4.19. The van der Waals surface area contributed by atoms with Gasteiger partial charge >= 0.3 is 0 Å². The van der Waals surface area contributed by atoms with Crippen LogP contribution in [0.1, 0.15) is 50.9 Å². The molecule has 10 aromatic rings. The van der Waals surface area contributed by atoms with Gasteiger partial charge in [-0.1, -0.05) is 200 Å². The number of hydrogen-bond donors (Lipinski definition) is 0. The Bertz CT molecular complexity index is 3930. The van der Waals surface area contributed by atoms with Crippen LogP contribution >= 0.6 is 0 Å². The number of fused-ring (bicyclic) bond motifs is 21. The Balaban J connectivity index is 0.952. The van der Waals surface area contributed by atoms with E-state index in [4.69, 9.17) is 0 Å². The first kappa shape index (κ1) is 41.4. The van der Waals surface area contributed by atoms with Gasteiger partial charge in [-0.25, -0.2) is 0 Å². The number of nitrogens with zero attached hydrogens (tertiary/aromatic N) is 2. The average molecular weight is 941 g/mol. The van der Waals surface area contributed by atoms with Crippen molar-refractivity contribution < 1.29 is 0 Å². The van der Waals surface area contributed by atoms with Gasteiger partial charge in [-0.2, -0.15) is 0 Å². The highest BCUT2D eigenvalue weighted by Gasteiger charge is 2.58. The summed E-state index contributed by atoms with van der Waals surface area (Å²) in [7, 11) is 0. The summed E-state index contributed by atoms with van der Waals surface area (Å²) in [4.78, 5) is 4.85. The second-order valence-electron chi connectivity index (χ2n) is 20.6. The molecule has 0 heterocycles. The van der Waals surface area contributed by atoms with Crippen molar-refractivity contribution in [3.8, 4) is 22.3 Å². The molecule has 0 saturated carbocycles. The predicted molar refractivity (Wildman–Crippen MR) is 305 cm³/mol. The van der Waals surface area contributed by atoms with Crippen LogP contribution in [0.4, 0.5) is 34.1 Å². The summed E-state index contributed by atoms with van der Waals surface area (Å²) in [6, 6.07) is 95.0. The highest BCUT2D eigenvalue weighted by molar-refractivity contribution is 6.06. The maximum atomic E-state index is 2.67. The van der Waals surface area contributed by atoms with E-state index in [1.54, 1.807) is 0 Å². The number of benzene rings is 10. The van der Waals surface area contributed by atoms with E-state index in [-0.39, 0.29) is 5.92 Å². The summed E-state index contributed by atoms with van der Waals surface area (Å²) in [6.45, 7) is 0. The molecule has 74 heavy (non-hydrogen) atoms. The van der Waals surface area contributed by atoms with Gasteiger partial charge in [0.05, 0.1) is 10.8 Å². The van der Waals surface area contributed by atoms with Crippen molar-refractivity contribution in [1.82, 2.24) is 0 Å². The fourth-order valence-corrected chi connectivity index (χ4v) is 14.6. The van der Waals surface area contributed by atoms with Crippen LogP contribution in [-0.4, -0.2) is 0 Å². The van der Waals surface area contributed by atoms with Gasteiger partial charge in [0.2, 0.25) is 0 Å². The van der Waals surface area contributed by atoms with Crippen molar-refractivity contribution >= 4 is 45.3 Å². The number of anilines is 6. The van der Waals surface area contributed by atoms with Crippen LogP contribution in [-0.2, 0) is 10.8 Å². The lowest BCUT2D eigenvalue weighted by atomic mass is 9.65. The number of para-hydroxylation sites is 4. The molecule has 16 rings (SSSR count). The number of allylic oxidation sites excluding steroid dienone is 8. The van der Waals surface area contributed by atoms with Gasteiger partial charge in [-0.05, 0) is 174 Å². The lowest BCUT2D eigenvalue weighted by molar-refractivity contribution is 0.735. The van der Waals surface area contributed by atoms with Crippen molar-refractivity contribution in [2.24, 2.45) is 5.92 Å². The van der Waals surface area contributed by atoms with E-state index in [9.17, 15) is 0 Å². The molecule has 0 N–H and O–H groups in total. The Morgan fingerprint density at radius 2 is 0.689 bits per heavy atom. The third kappa shape index (κ3) is 5.39. The van der Waals surface area contributed by atoms with Crippen LogP contribution in [0, 0.1) is 5.92 Å². The number of rotatable bonds is 6. The number of hydrogen-bond acceptors (Lipinski definition) is 2. The van der Waals surface area contributed by atoms with Crippen LogP contribution in [0.3, 0.4) is 0 Å². The Labute approximate surface area is 432 Å². The van der Waals surface area contributed by atoms with Crippen molar-refractivity contribution in [3.63, 3.8) is 0 Å². The monoisotopic (exact) mass is 940 g/mol. The van der Waals surface area contributed by atoms with E-state index in [0.717, 1.165) is 40.5 Å². The second-order valence-corrected chi connectivity index (χ2v) is 20.6. The van der Waals surface area contributed by atoms with Crippen LogP contribution in [0.25, 0.3) is 33.4 Å². The van der Waals surface area contributed by atoms with Crippen molar-refractivity contribution in [2.75, 3.05) is 9.80 Å². The first-order valence-corrected chi connectivity index (χ1v) is 26.1. The largest absolute Gasteiger partial charge is 0.310 e. The van der Waals surface area contributed by atoms with Gasteiger partial charge in [0.1, 0.15) is 0 Å². The molecule has 0 radical (unpaired) electrons. The standard InChI is InChI=1S/C72H48N2/c1-5-21-47(22-6-1)73(48-23-7-2-8-24-48)51-37-39-59-67(45-51)71(61-33-17-13-29-53(61)54-30-14-18-34-62(54)71)65-43-41-58-57(69(59)65)42-44-66-70(58)60-40-38-52(74(49-25-9-3-10-26-49)50-27-11-4-12-28-50)46-68(60)72(66)63-35-19-15-31-55(63)56-32-16-20-36-64(56)72/h1-41,43-46,57H,42H2. The van der Waals surface area contributed by atoms with Gasteiger partial charge < -0.3 is 9.80 Å². The molecule has 2 spiro atoms. The van der Waals surface area contributed by atoms with E-state index in [1.165, 1.54) is 94.6 Å². The molecule has 0 bridgehead atoms. The zero-order valence-electron chi connectivity index (χ0n) is 40.7. The third-order valence-electron chi connectivity index (χ3n) is 17.2. The molecule has 0 amide bonds. The molecular weight excluding hydrogens is 893 g/mol. The van der Waals surface area contributed by atoms with Gasteiger partial charge in [-0.15, -0.1) is 0 Å². The third-order valence-corrected chi connectivity index (χ3v) is 17.2. The topological polar surface area (TPSA) is 6.48 Å². The molecule has 1 atom stereocenters. The van der Waals surface area contributed by atoms with Crippen LogP contribution in [0.5, 0.6) is 0 Å². The van der Waals surface area contributed by atoms with Crippen molar-refractivity contribution in [2.45, 2.75) is 17.3 Å². The quantitative estimate of drug-likeness (QED) is 0.164. The fraction of sp³-hybridized carbons (Fsp3) is 0.0556. The minimum atomic E-state index is -0.505. The summed E-state index contributed by atoms with van der Waals surface area (Å²) in [5.74, 6) is 0.136. The predicted octanol–water partition coefficient (Wildman–Crippen LogP) is 18.0. The smallest absolute Gasteiger partial charge is 0.0723 e. The van der Waals surface area contributed by atoms with Gasteiger partial charge in [0.15, 0.2) is 0 Å². The maximum absolute atomic E-state index is 2.67. The molecule has 6 aliphatic carbocycles. The summed E-state index contributed by atoms with van der Waals surface area (Å²) < 4.78 is 0. The Hall–Kier alpha value is -9.24. The molecule has 0 saturated heterocycles. The van der Waals surface area contributed by atoms with E-state index in [0.29, 0.717) is 0 Å². The first-order valence-electron chi connectivity index (χ1n) is 26.1. The zero-order valence-corrected chi connectivity index (χ0v) is 40.7. The zero-order chi connectivity index (χ0) is 48.5. The summed E-state index contributed by atoms with van der Waals surface area (Å²) in [6.07, 6.45) is 8.66. The molecule has 1 unspecified atom stereocenters. The molecule has 0 fully saturated rings. The lowest BCUT2D eigenvalue weighted by Gasteiger charge is -2.37. The summed E-state index contributed by atoms with van der Waals surface area (Å²) >= 11 is 0. The molecule has 346 valence electrons. The highest BCUT2D eigenvalue weighted by Crippen LogP contribution is 2.70. The van der Waals surface area contributed by atoms with Gasteiger partial charge in [0, 0.05) is 40.0 Å². The molecule has 0 aromatic heterocycles. The minimum absolute atomic E-state index is 0.136. The van der Waals surface area contributed by atoms with Crippen LogP contribution in [0.2, 0.25) is 0 Å². The van der Waals surface area contributed by atoms with E-state index >= 15 is 0 Å². The highest BCUT2D eigenvalue weighted by atomic mass is 15.1. The first-order chi connectivity index (χ1) is 36.7. The van der Waals surface area contributed by atoms with Crippen LogP contribution < -0.4 is 9.80 Å². The van der Waals surface area contributed by atoms with Crippen LogP contribution in [0.15, 0.2) is 290 Å². The Morgan fingerprint density at radius 1 is 0.311 bits per heavy atom. The molecule has 10 aromatic carbocycles. The fourth-order valence-electron chi connectivity index (χ4n) is 14.6. The van der Waals surface area contributed by atoms with E-state index in [2.05, 4.69) is 283 Å². The summed E-state index contributed by atoms with van der Waals surface area (Å²) in [5.41, 5.74) is 29.0. The Kier molecular flexibility index (Phi) is 8.74. The molecule has 2 heteroatoms. The second kappa shape index (κ2) is 15.6. The Morgan fingerprint density at radius 3 is 1.14 bits per heavy atom. The molecular formula is C72H48N2. The van der Waals surface area contributed by atoms with Crippen molar-refractivity contribution in [3.05, 3.63) is 334 Å². The minimum Gasteiger partial charge on any atom is -0.310 e. The maximum Gasteiger partial charge on any atom is 0.0723 e.